The monoisotopic (exact) mass is 243 g/mol. The van der Waals surface area contributed by atoms with Gasteiger partial charge in [-0.15, -0.1) is 0 Å². The highest BCUT2D eigenvalue weighted by Crippen LogP contribution is 2.30. The summed E-state index contributed by atoms with van der Waals surface area (Å²) < 4.78 is 0. The molecule has 5 heteroatoms. The van der Waals surface area contributed by atoms with Crippen LogP contribution in [0.25, 0.3) is 0 Å². The van der Waals surface area contributed by atoms with E-state index in [2.05, 4.69) is 0 Å². The molecule has 2 aromatic rings. The molecule has 0 amide bonds. The van der Waals surface area contributed by atoms with Crippen LogP contribution in [0.1, 0.15) is 15.9 Å². The Hall–Kier alpha value is -2.69. The summed E-state index contributed by atoms with van der Waals surface area (Å²) in [5, 5.41) is 9.52. The fourth-order valence-electron chi connectivity index (χ4n) is 1.70. The van der Waals surface area contributed by atoms with Crippen LogP contribution in [0.2, 0.25) is 0 Å². The van der Waals surface area contributed by atoms with Crippen LogP contribution >= 0.6 is 0 Å². The van der Waals surface area contributed by atoms with Gasteiger partial charge < -0.3 is 22.3 Å². The fraction of sp³-hybridized carbons (Fsp3) is 0. The van der Waals surface area contributed by atoms with E-state index in [9.17, 15) is 9.90 Å². The third kappa shape index (κ3) is 1.93. The maximum atomic E-state index is 12.3. The summed E-state index contributed by atoms with van der Waals surface area (Å²) in [7, 11) is 0. The number of phenolic OH excluding ortho intramolecular Hbond substituents is 1. The number of carbonyl (C=O) groups excluding carboxylic acids is 1. The van der Waals surface area contributed by atoms with Gasteiger partial charge in [0.15, 0.2) is 5.78 Å². The van der Waals surface area contributed by atoms with E-state index in [1.165, 1.54) is 18.2 Å². The van der Waals surface area contributed by atoms with Crippen molar-refractivity contribution in [3.63, 3.8) is 0 Å². The number of nitrogens with two attached hydrogens (primary N) is 3. The van der Waals surface area contributed by atoms with Crippen LogP contribution in [0, 0.1) is 0 Å². The number of phenols is 1. The van der Waals surface area contributed by atoms with Crippen LogP contribution < -0.4 is 17.2 Å². The van der Waals surface area contributed by atoms with Crippen molar-refractivity contribution in [1.82, 2.24) is 0 Å². The van der Waals surface area contributed by atoms with E-state index in [0.29, 0.717) is 11.3 Å². The topological polar surface area (TPSA) is 115 Å². The summed E-state index contributed by atoms with van der Waals surface area (Å²) in [6.07, 6.45) is 0. The molecule has 0 saturated heterocycles. The summed E-state index contributed by atoms with van der Waals surface area (Å²) in [5.74, 6) is -0.537. The third-order valence-corrected chi connectivity index (χ3v) is 2.63. The average molecular weight is 243 g/mol. The Bertz CT molecular complexity index is 624. The van der Waals surface area contributed by atoms with E-state index in [1.54, 1.807) is 18.2 Å². The van der Waals surface area contributed by atoms with Crippen LogP contribution in [-0.4, -0.2) is 10.9 Å². The zero-order valence-electron chi connectivity index (χ0n) is 9.55. The van der Waals surface area contributed by atoms with Crippen LogP contribution in [0.15, 0.2) is 36.4 Å². The number of nitrogen functional groups attached to an aromatic ring is 3. The molecular weight excluding hydrogens is 230 g/mol. The first-order valence-corrected chi connectivity index (χ1v) is 5.28. The highest BCUT2D eigenvalue weighted by molar-refractivity contribution is 6.16. The molecule has 0 fully saturated rings. The van der Waals surface area contributed by atoms with Gasteiger partial charge in [0, 0.05) is 16.9 Å². The quantitative estimate of drug-likeness (QED) is 0.275. The zero-order chi connectivity index (χ0) is 13.3. The number of anilines is 3. The molecule has 5 nitrogen and oxygen atoms in total. The minimum atomic E-state index is -0.367. The average Bonchev–Trinajstić information content (AvgIpc) is 2.34. The molecule has 0 bridgehead atoms. The molecule has 0 heterocycles. The predicted molar refractivity (Wildman–Crippen MR) is 71.2 cm³/mol. The molecule has 0 radical (unpaired) electrons. The summed E-state index contributed by atoms with van der Waals surface area (Å²) >= 11 is 0. The van der Waals surface area contributed by atoms with E-state index in [0.717, 1.165) is 0 Å². The van der Waals surface area contributed by atoms with Gasteiger partial charge in [0.1, 0.15) is 5.75 Å². The Labute approximate surface area is 104 Å². The molecule has 2 rings (SSSR count). The van der Waals surface area contributed by atoms with Crippen molar-refractivity contribution < 1.29 is 9.90 Å². The lowest BCUT2D eigenvalue weighted by atomic mass is 9.99. The SMILES string of the molecule is Nc1cccc(C(=O)c2c(N)ccc(O)c2N)c1. The Kier molecular flexibility index (Phi) is 2.81. The molecule has 0 aliphatic carbocycles. The van der Waals surface area contributed by atoms with Gasteiger partial charge in [0.2, 0.25) is 0 Å². The Morgan fingerprint density at radius 1 is 1.06 bits per heavy atom. The Morgan fingerprint density at radius 2 is 1.78 bits per heavy atom. The summed E-state index contributed by atoms with van der Waals surface area (Å²) in [6.45, 7) is 0. The van der Waals surface area contributed by atoms with E-state index in [4.69, 9.17) is 17.2 Å². The van der Waals surface area contributed by atoms with Crippen LogP contribution in [0.3, 0.4) is 0 Å². The normalized spacial score (nSPS) is 10.2. The molecular formula is C13H13N3O2. The first kappa shape index (κ1) is 11.8. The highest BCUT2D eigenvalue weighted by atomic mass is 16.3. The van der Waals surface area contributed by atoms with Gasteiger partial charge in [-0.3, -0.25) is 4.79 Å². The molecule has 2 aromatic carbocycles. The molecule has 0 atom stereocenters. The zero-order valence-corrected chi connectivity index (χ0v) is 9.55. The molecule has 0 aliphatic rings. The second-order valence-corrected chi connectivity index (χ2v) is 3.92. The first-order chi connectivity index (χ1) is 8.50. The molecule has 0 aliphatic heterocycles. The van der Waals surface area contributed by atoms with Crippen molar-refractivity contribution in [2.45, 2.75) is 0 Å². The maximum Gasteiger partial charge on any atom is 0.197 e. The molecule has 7 N–H and O–H groups in total. The van der Waals surface area contributed by atoms with Crippen molar-refractivity contribution in [2.75, 3.05) is 17.2 Å². The van der Waals surface area contributed by atoms with Gasteiger partial charge in [-0.2, -0.15) is 0 Å². The Morgan fingerprint density at radius 3 is 2.44 bits per heavy atom. The number of hydrogen-bond donors (Lipinski definition) is 4. The molecule has 92 valence electrons. The van der Waals surface area contributed by atoms with Crippen LogP contribution in [0.4, 0.5) is 17.1 Å². The molecule has 0 unspecified atom stereocenters. The summed E-state index contributed by atoms with van der Waals surface area (Å²) in [4.78, 5) is 12.3. The third-order valence-electron chi connectivity index (χ3n) is 2.63. The number of carbonyl (C=O) groups is 1. The standard InChI is InChI=1S/C13H13N3O2/c14-8-3-1-2-7(6-8)13(18)11-9(15)4-5-10(17)12(11)16/h1-6,17H,14-16H2. The lowest BCUT2D eigenvalue weighted by molar-refractivity contribution is 0.104. The van der Waals surface area contributed by atoms with Crippen molar-refractivity contribution in [3.8, 4) is 5.75 Å². The first-order valence-electron chi connectivity index (χ1n) is 5.28. The second-order valence-electron chi connectivity index (χ2n) is 3.92. The molecule has 0 saturated carbocycles. The number of ketones is 1. The number of hydrogen-bond acceptors (Lipinski definition) is 5. The van der Waals surface area contributed by atoms with Gasteiger partial charge in [0.05, 0.1) is 11.3 Å². The summed E-state index contributed by atoms with van der Waals surface area (Å²) in [6, 6.07) is 9.27. The van der Waals surface area contributed by atoms with Crippen molar-refractivity contribution in [1.29, 1.82) is 0 Å². The predicted octanol–water partition coefficient (Wildman–Crippen LogP) is 1.37. The minimum Gasteiger partial charge on any atom is -0.506 e. The van der Waals surface area contributed by atoms with Gasteiger partial charge in [0.25, 0.3) is 0 Å². The Balaban J connectivity index is 2.56. The number of aromatic hydroxyl groups is 1. The number of rotatable bonds is 2. The molecule has 0 spiro atoms. The number of benzene rings is 2. The summed E-state index contributed by atoms with van der Waals surface area (Å²) in [5.41, 5.74) is 18.2. The van der Waals surface area contributed by atoms with Crippen molar-refractivity contribution in [2.24, 2.45) is 0 Å². The van der Waals surface area contributed by atoms with Crippen molar-refractivity contribution in [3.05, 3.63) is 47.5 Å². The second kappa shape index (κ2) is 4.29. The van der Waals surface area contributed by atoms with E-state index < -0.39 is 0 Å². The van der Waals surface area contributed by atoms with Crippen molar-refractivity contribution >= 4 is 22.8 Å². The van der Waals surface area contributed by atoms with Crippen LogP contribution in [-0.2, 0) is 0 Å². The maximum absolute atomic E-state index is 12.3. The lowest BCUT2D eigenvalue weighted by Gasteiger charge is -2.10. The van der Waals surface area contributed by atoms with Gasteiger partial charge in [-0.25, -0.2) is 0 Å². The van der Waals surface area contributed by atoms with E-state index >= 15 is 0 Å². The highest BCUT2D eigenvalue weighted by Gasteiger charge is 2.18. The lowest BCUT2D eigenvalue weighted by Crippen LogP contribution is -2.09. The fourth-order valence-corrected chi connectivity index (χ4v) is 1.70. The van der Waals surface area contributed by atoms with E-state index in [-0.39, 0.29) is 28.5 Å². The van der Waals surface area contributed by atoms with Gasteiger partial charge in [-0.05, 0) is 24.3 Å². The molecule has 0 aromatic heterocycles. The largest absolute Gasteiger partial charge is 0.506 e. The van der Waals surface area contributed by atoms with E-state index in [1.807, 2.05) is 0 Å². The minimum absolute atomic E-state index is 0.0255. The molecule has 18 heavy (non-hydrogen) atoms. The van der Waals surface area contributed by atoms with Gasteiger partial charge >= 0.3 is 0 Å². The van der Waals surface area contributed by atoms with Crippen LogP contribution in [0.5, 0.6) is 5.75 Å². The van der Waals surface area contributed by atoms with Gasteiger partial charge in [-0.1, -0.05) is 12.1 Å². The smallest absolute Gasteiger partial charge is 0.197 e.